The number of hydrogen-bond acceptors (Lipinski definition) is 5. The average molecular weight is 488 g/mol. The third-order valence-electron chi connectivity index (χ3n) is 7.02. The van der Waals surface area contributed by atoms with Crippen LogP contribution in [0.15, 0.2) is 83.2 Å². The van der Waals surface area contributed by atoms with Crippen molar-refractivity contribution >= 4 is 38.9 Å². The van der Waals surface area contributed by atoms with Crippen molar-refractivity contribution < 1.29 is 23.4 Å². The molecule has 0 aromatic heterocycles. The largest absolute Gasteiger partial charge is 0.479 e. The Hall–Kier alpha value is -3.55. The summed E-state index contributed by atoms with van der Waals surface area (Å²) in [6.07, 6.45) is 6.69. The molecule has 0 amide bonds. The number of aliphatic carboxylic acids is 1. The highest BCUT2D eigenvalue weighted by Crippen LogP contribution is 2.44. The van der Waals surface area contributed by atoms with Gasteiger partial charge in [0.25, 0.3) is 0 Å². The van der Waals surface area contributed by atoms with E-state index in [9.17, 15) is 23.4 Å². The average Bonchev–Trinajstić information content (AvgIpc) is 3.39. The maximum Gasteiger partial charge on any atom is 0.337 e. The number of benzene rings is 3. The second-order valence-corrected chi connectivity index (χ2v) is 11.0. The van der Waals surface area contributed by atoms with Crippen LogP contribution in [0.2, 0.25) is 0 Å². The Bertz CT molecular complexity index is 1480. The molecule has 0 radical (unpaired) electrons. The Morgan fingerprint density at radius 3 is 2.57 bits per heavy atom. The van der Waals surface area contributed by atoms with Gasteiger partial charge in [0.05, 0.1) is 0 Å². The molecule has 1 aliphatic heterocycles. The first-order valence-electron chi connectivity index (χ1n) is 11.5. The number of aliphatic hydroxyl groups is 1. The van der Waals surface area contributed by atoms with Gasteiger partial charge < -0.3 is 10.2 Å². The number of aliphatic imine (C=N–C) groups is 1. The van der Waals surface area contributed by atoms with Gasteiger partial charge in [0.1, 0.15) is 0 Å². The second-order valence-electron chi connectivity index (χ2n) is 8.97. The van der Waals surface area contributed by atoms with Crippen molar-refractivity contribution in [2.24, 2.45) is 10.9 Å². The van der Waals surface area contributed by atoms with E-state index >= 15 is 0 Å². The van der Waals surface area contributed by atoms with Crippen LogP contribution in [-0.2, 0) is 27.5 Å². The van der Waals surface area contributed by atoms with Crippen LogP contribution < -0.4 is 0 Å². The summed E-state index contributed by atoms with van der Waals surface area (Å²) in [6.45, 7) is 0. The van der Waals surface area contributed by atoms with Crippen molar-refractivity contribution in [2.75, 3.05) is 0 Å². The third kappa shape index (κ3) is 4.00. The van der Waals surface area contributed by atoms with E-state index in [1.165, 1.54) is 5.41 Å². The molecule has 3 atom stereocenters. The summed E-state index contributed by atoms with van der Waals surface area (Å²) in [7, 11) is -3.79. The van der Waals surface area contributed by atoms with Crippen molar-refractivity contribution in [3.63, 3.8) is 0 Å². The molecule has 7 heteroatoms. The summed E-state index contributed by atoms with van der Waals surface area (Å²) >= 11 is 0. The minimum Gasteiger partial charge on any atom is -0.479 e. The molecule has 3 unspecified atom stereocenters. The number of rotatable bonds is 6. The predicted molar refractivity (Wildman–Crippen MR) is 137 cm³/mol. The van der Waals surface area contributed by atoms with Crippen LogP contribution in [0.3, 0.4) is 0 Å². The number of aryl methyl sites for hydroxylation is 1. The van der Waals surface area contributed by atoms with Gasteiger partial charge in [-0.25, -0.2) is 13.2 Å². The molecule has 1 heterocycles. The molecule has 178 valence electrons. The molecule has 2 aliphatic rings. The Morgan fingerprint density at radius 2 is 1.86 bits per heavy atom. The highest BCUT2D eigenvalue weighted by Gasteiger charge is 2.48. The van der Waals surface area contributed by atoms with E-state index in [4.69, 9.17) is 0 Å². The van der Waals surface area contributed by atoms with E-state index in [0.717, 1.165) is 22.1 Å². The summed E-state index contributed by atoms with van der Waals surface area (Å²) in [5.74, 6) is -1.61. The second kappa shape index (κ2) is 8.91. The normalized spacial score (nSPS) is 22.5. The van der Waals surface area contributed by atoms with Crippen LogP contribution in [0.5, 0.6) is 0 Å². The zero-order valence-corrected chi connectivity index (χ0v) is 19.7. The van der Waals surface area contributed by atoms with E-state index in [0.29, 0.717) is 30.2 Å². The third-order valence-corrected chi connectivity index (χ3v) is 9.00. The maximum atomic E-state index is 13.7. The van der Waals surface area contributed by atoms with Gasteiger partial charge in [-0.15, -0.1) is 0 Å². The van der Waals surface area contributed by atoms with Crippen LogP contribution in [-0.4, -0.2) is 35.7 Å². The molecular formula is C28H25NO5S. The van der Waals surface area contributed by atoms with E-state index < -0.39 is 26.8 Å². The van der Waals surface area contributed by atoms with Gasteiger partial charge in [0.15, 0.2) is 11.0 Å². The number of hydrogen-bond donors (Lipinski definition) is 2. The molecule has 0 saturated carbocycles. The van der Waals surface area contributed by atoms with Gasteiger partial charge in [-0.05, 0) is 70.5 Å². The lowest BCUT2D eigenvalue weighted by Gasteiger charge is -2.36. The fourth-order valence-electron chi connectivity index (χ4n) is 5.23. The molecule has 0 spiro atoms. The topological polar surface area (TPSA) is 104 Å². The van der Waals surface area contributed by atoms with Crippen LogP contribution in [0, 0.1) is 5.92 Å². The van der Waals surface area contributed by atoms with E-state index in [1.807, 2.05) is 48.5 Å². The van der Waals surface area contributed by atoms with Gasteiger partial charge in [0, 0.05) is 17.5 Å². The summed E-state index contributed by atoms with van der Waals surface area (Å²) in [4.78, 5) is 14.5. The summed E-state index contributed by atoms with van der Waals surface area (Å²) in [5, 5.41) is 22.3. The minimum atomic E-state index is -3.79. The highest BCUT2D eigenvalue weighted by molar-refractivity contribution is 7.96. The van der Waals surface area contributed by atoms with Crippen LogP contribution in [0.4, 0.5) is 0 Å². The van der Waals surface area contributed by atoms with Gasteiger partial charge in [-0.1, -0.05) is 60.7 Å². The van der Waals surface area contributed by atoms with Gasteiger partial charge in [0.2, 0.25) is 9.84 Å². The molecule has 0 bridgehead atoms. The number of sulfone groups is 1. The van der Waals surface area contributed by atoms with Crippen molar-refractivity contribution in [3.05, 3.63) is 100 Å². The fraction of sp³-hybridized carbons (Fsp3) is 0.214. The molecule has 1 aliphatic carbocycles. The Kier molecular flexibility index (Phi) is 5.91. The van der Waals surface area contributed by atoms with Crippen molar-refractivity contribution in [2.45, 2.75) is 30.2 Å². The zero-order chi connectivity index (χ0) is 24.6. The smallest absolute Gasteiger partial charge is 0.337 e. The van der Waals surface area contributed by atoms with E-state index in [-0.39, 0.29) is 5.92 Å². The maximum absolute atomic E-state index is 13.7. The molecule has 0 fully saturated rings. The van der Waals surface area contributed by atoms with Crippen LogP contribution in [0.25, 0.3) is 16.8 Å². The molecule has 35 heavy (non-hydrogen) atoms. The van der Waals surface area contributed by atoms with Crippen LogP contribution in [0.1, 0.15) is 34.8 Å². The van der Waals surface area contributed by atoms with Gasteiger partial charge in [-0.3, -0.25) is 4.99 Å². The monoisotopic (exact) mass is 487 g/mol. The van der Waals surface area contributed by atoms with Gasteiger partial charge >= 0.3 is 5.97 Å². The lowest BCUT2D eigenvalue weighted by atomic mass is 9.77. The molecule has 3 aromatic carbocycles. The number of carboxylic acid groups (broad SMARTS) is 1. The molecule has 0 saturated heterocycles. The van der Waals surface area contributed by atoms with Gasteiger partial charge in [-0.2, -0.15) is 0 Å². The summed E-state index contributed by atoms with van der Waals surface area (Å²) in [6, 6.07) is 18.3. The SMILES string of the molecule is O=C(O)C(O)c1cccc2c3c(ccc12)CCC(C1(S(=O)(=O)C=Cc2ccccc2)C=CC=N1)C3. The fourth-order valence-corrected chi connectivity index (χ4v) is 6.93. The lowest BCUT2D eigenvalue weighted by Crippen LogP contribution is -2.43. The van der Waals surface area contributed by atoms with Crippen molar-refractivity contribution in [1.29, 1.82) is 0 Å². The summed E-state index contributed by atoms with van der Waals surface area (Å²) in [5.41, 5.74) is 3.21. The molecule has 6 nitrogen and oxygen atoms in total. The van der Waals surface area contributed by atoms with E-state index in [1.54, 1.807) is 36.6 Å². The summed E-state index contributed by atoms with van der Waals surface area (Å²) < 4.78 is 27.3. The highest BCUT2D eigenvalue weighted by atomic mass is 32.2. The Labute approximate surface area is 203 Å². The zero-order valence-electron chi connectivity index (χ0n) is 18.9. The number of carboxylic acids is 1. The number of aliphatic hydroxyl groups excluding tert-OH is 1. The number of fused-ring (bicyclic) bond motifs is 3. The van der Waals surface area contributed by atoms with Crippen molar-refractivity contribution in [3.8, 4) is 0 Å². The van der Waals surface area contributed by atoms with Crippen LogP contribution >= 0.6 is 0 Å². The molecule has 5 rings (SSSR count). The number of allylic oxidation sites excluding steroid dienone is 1. The first-order valence-corrected chi connectivity index (χ1v) is 13.0. The Morgan fingerprint density at radius 1 is 1.06 bits per heavy atom. The number of carbonyl (C=O) groups is 1. The molecule has 2 N–H and O–H groups in total. The number of nitrogens with zero attached hydrogens (tertiary/aromatic N) is 1. The quantitative estimate of drug-likeness (QED) is 0.533. The molecule has 3 aromatic rings. The first kappa shape index (κ1) is 23.2. The molecular weight excluding hydrogens is 462 g/mol. The van der Waals surface area contributed by atoms with E-state index in [2.05, 4.69) is 4.99 Å². The standard InChI is InChI=1S/C28H25NO5S/c30-26(27(31)32)24-9-4-8-22-23(24)13-11-20-10-12-21(18-25(20)22)28(15-5-16-29-28)35(33,34)17-14-19-6-2-1-3-7-19/h1-9,11,13-17,21,26,30H,10,12,18H2,(H,31,32). The first-order chi connectivity index (χ1) is 16.8. The van der Waals surface area contributed by atoms with Crippen molar-refractivity contribution in [1.82, 2.24) is 0 Å². The lowest BCUT2D eigenvalue weighted by molar-refractivity contribution is -0.146. The Balaban J connectivity index is 1.55. The minimum absolute atomic E-state index is 0.297. The predicted octanol–water partition coefficient (Wildman–Crippen LogP) is 4.49.